The Morgan fingerprint density at radius 1 is 1.14 bits per heavy atom. The molecule has 29 heavy (non-hydrogen) atoms. The van der Waals surface area contributed by atoms with Crippen molar-refractivity contribution in [1.29, 1.82) is 0 Å². The second kappa shape index (κ2) is 8.53. The van der Waals surface area contributed by atoms with Gasteiger partial charge in [0.15, 0.2) is 0 Å². The number of aromatic nitrogens is 2. The van der Waals surface area contributed by atoms with Gasteiger partial charge in [0, 0.05) is 10.6 Å². The summed E-state index contributed by atoms with van der Waals surface area (Å²) in [7, 11) is 0. The Labute approximate surface area is 170 Å². The molecule has 0 radical (unpaired) electrons. The predicted octanol–water partition coefficient (Wildman–Crippen LogP) is 4.20. The molecule has 0 aliphatic heterocycles. The molecule has 0 spiro atoms. The minimum absolute atomic E-state index is 0.215. The number of carbonyl (C=O) groups is 1. The van der Waals surface area contributed by atoms with E-state index in [0.717, 1.165) is 17.5 Å². The fraction of sp³-hybridized carbons (Fsp3) is 0.105. The molecule has 0 aliphatic carbocycles. The van der Waals surface area contributed by atoms with Crippen molar-refractivity contribution < 1.29 is 14.5 Å². The SMILES string of the molecule is Cc1cc(Oc2ncnc(NNC(=O)c3ccccc3C)c2[N+](=O)[O-])ccc1Cl. The number of anilines is 1. The van der Waals surface area contributed by atoms with E-state index in [1.165, 1.54) is 0 Å². The smallest absolute Gasteiger partial charge is 0.374 e. The summed E-state index contributed by atoms with van der Waals surface area (Å²) in [4.78, 5) is 30.9. The molecule has 0 saturated heterocycles. The lowest BCUT2D eigenvalue weighted by Crippen LogP contribution is -2.30. The molecule has 1 aromatic heterocycles. The van der Waals surface area contributed by atoms with Crippen LogP contribution in [0, 0.1) is 24.0 Å². The van der Waals surface area contributed by atoms with Gasteiger partial charge >= 0.3 is 11.6 Å². The van der Waals surface area contributed by atoms with E-state index in [1.54, 1.807) is 56.3 Å². The van der Waals surface area contributed by atoms with Crippen LogP contribution in [-0.4, -0.2) is 20.8 Å². The molecule has 1 amide bonds. The third kappa shape index (κ3) is 4.58. The lowest BCUT2D eigenvalue weighted by Gasteiger charge is -2.11. The lowest BCUT2D eigenvalue weighted by atomic mass is 10.1. The highest BCUT2D eigenvalue weighted by molar-refractivity contribution is 6.31. The third-order valence-electron chi connectivity index (χ3n) is 4.00. The first kappa shape index (κ1) is 20.0. The zero-order chi connectivity index (χ0) is 21.0. The highest BCUT2D eigenvalue weighted by Gasteiger charge is 2.25. The van der Waals surface area contributed by atoms with E-state index in [-0.39, 0.29) is 11.7 Å². The lowest BCUT2D eigenvalue weighted by molar-refractivity contribution is -0.385. The van der Waals surface area contributed by atoms with Crippen LogP contribution in [0.1, 0.15) is 21.5 Å². The molecule has 0 fully saturated rings. The summed E-state index contributed by atoms with van der Waals surface area (Å²) in [6.07, 6.45) is 1.09. The molecule has 3 aromatic rings. The second-order valence-corrected chi connectivity index (χ2v) is 6.45. The summed E-state index contributed by atoms with van der Waals surface area (Å²) in [6, 6.07) is 11.7. The number of amides is 1. The van der Waals surface area contributed by atoms with Gasteiger partial charge in [0.25, 0.3) is 5.91 Å². The van der Waals surface area contributed by atoms with E-state index >= 15 is 0 Å². The number of carbonyl (C=O) groups excluding carboxylic acids is 1. The van der Waals surface area contributed by atoms with Crippen LogP contribution < -0.4 is 15.6 Å². The van der Waals surface area contributed by atoms with Gasteiger partial charge in [0.05, 0.1) is 4.92 Å². The van der Waals surface area contributed by atoms with Crippen molar-refractivity contribution >= 4 is 29.0 Å². The zero-order valence-electron chi connectivity index (χ0n) is 15.5. The molecule has 0 aliphatic rings. The van der Waals surface area contributed by atoms with Crippen molar-refractivity contribution in [2.75, 3.05) is 5.43 Å². The number of benzene rings is 2. The number of hydrazine groups is 1. The number of aryl methyl sites for hydroxylation is 2. The van der Waals surface area contributed by atoms with Crippen LogP contribution in [0.25, 0.3) is 0 Å². The minimum Gasteiger partial charge on any atom is -0.434 e. The Morgan fingerprint density at radius 3 is 2.59 bits per heavy atom. The molecule has 0 saturated carbocycles. The second-order valence-electron chi connectivity index (χ2n) is 6.04. The maximum absolute atomic E-state index is 12.3. The van der Waals surface area contributed by atoms with E-state index in [1.807, 2.05) is 0 Å². The molecule has 0 bridgehead atoms. The standard InChI is InChI=1S/C19H16ClN5O4/c1-11-5-3-4-6-14(11)18(26)24-23-17-16(25(27)28)19(22-10-21-17)29-13-7-8-15(20)12(2)9-13/h3-10H,1-2H3,(H,24,26)(H,21,22,23). The summed E-state index contributed by atoms with van der Waals surface area (Å²) in [6.45, 7) is 3.56. The number of hydrogen-bond donors (Lipinski definition) is 2. The van der Waals surface area contributed by atoms with Crippen LogP contribution in [-0.2, 0) is 0 Å². The van der Waals surface area contributed by atoms with Crippen LogP contribution in [0.15, 0.2) is 48.8 Å². The van der Waals surface area contributed by atoms with Gasteiger partial charge in [-0.05, 0) is 49.2 Å². The van der Waals surface area contributed by atoms with Crippen LogP contribution in [0.3, 0.4) is 0 Å². The normalized spacial score (nSPS) is 10.3. The van der Waals surface area contributed by atoms with Crippen molar-refractivity contribution in [3.05, 3.63) is 80.6 Å². The van der Waals surface area contributed by atoms with Crippen molar-refractivity contribution in [2.45, 2.75) is 13.8 Å². The number of nitrogens with zero attached hydrogens (tertiary/aromatic N) is 3. The van der Waals surface area contributed by atoms with Gasteiger partial charge < -0.3 is 4.74 Å². The molecule has 0 atom stereocenters. The van der Waals surface area contributed by atoms with Crippen molar-refractivity contribution in [3.63, 3.8) is 0 Å². The first-order valence-corrected chi connectivity index (χ1v) is 8.80. The summed E-state index contributed by atoms with van der Waals surface area (Å²) < 4.78 is 5.55. The van der Waals surface area contributed by atoms with Crippen molar-refractivity contribution in [1.82, 2.24) is 15.4 Å². The fourth-order valence-electron chi connectivity index (χ4n) is 2.50. The Morgan fingerprint density at radius 2 is 1.90 bits per heavy atom. The van der Waals surface area contributed by atoms with E-state index < -0.39 is 16.5 Å². The molecular formula is C19H16ClN5O4. The number of nitro groups is 1. The maximum Gasteiger partial charge on any atom is 0.374 e. The van der Waals surface area contributed by atoms with Gasteiger partial charge in [-0.1, -0.05) is 29.8 Å². The number of hydrogen-bond acceptors (Lipinski definition) is 7. The largest absolute Gasteiger partial charge is 0.434 e. The zero-order valence-corrected chi connectivity index (χ0v) is 16.2. The summed E-state index contributed by atoms with van der Waals surface area (Å²) >= 11 is 5.98. The predicted molar refractivity (Wildman–Crippen MR) is 107 cm³/mol. The van der Waals surface area contributed by atoms with Gasteiger partial charge in [-0.25, -0.2) is 4.98 Å². The number of rotatable bonds is 6. The highest BCUT2D eigenvalue weighted by Crippen LogP contribution is 2.34. The van der Waals surface area contributed by atoms with Crippen LogP contribution in [0.4, 0.5) is 11.5 Å². The maximum atomic E-state index is 12.3. The summed E-state index contributed by atoms with van der Waals surface area (Å²) in [5, 5.41) is 12.1. The molecule has 9 nitrogen and oxygen atoms in total. The molecule has 3 rings (SSSR count). The molecule has 1 heterocycles. The summed E-state index contributed by atoms with van der Waals surface area (Å²) in [5.41, 5.74) is 6.27. The molecule has 0 unspecified atom stereocenters. The van der Waals surface area contributed by atoms with Crippen LogP contribution >= 0.6 is 11.6 Å². The molecule has 148 valence electrons. The van der Waals surface area contributed by atoms with Gasteiger partial charge in [-0.15, -0.1) is 0 Å². The van der Waals surface area contributed by atoms with Gasteiger partial charge in [-0.3, -0.25) is 25.8 Å². The number of halogens is 1. The van der Waals surface area contributed by atoms with Gasteiger partial charge in [-0.2, -0.15) is 4.98 Å². The van der Waals surface area contributed by atoms with Gasteiger partial charge in [0.2, 0.25) is 5.82 Å². The monoisotopic (exact) mass is 413 g/mol. The highest BCUT2D eigenvalue weighted by atomic mass is 35.5. The van der Waals surface area contributed by atoms with Gasteiger partial charge in [0.1, 0.15) is 12.1 Å². The number of nitrogens with one attached hydrogen (secondary N) is 2. The van der Waals surface area contributed by atoms with Crippen molar-refractivity contribution in [3.8, 4) is 11.6 Å². The Hall–Kier alpha value is -3.72. The molecule has 10 heteroatoms. The quantitative estimate of drug-likeness (QED) is 0.459. The van der Waals surface area contributed by atoms with E-state index in [4.69, 9.17) is 16.3 Å². The average molecular weight is 414 g/mol. The minimum atomic E-state index is -0.694. The first-order valence-electron chi connectivity index (χ1n) is 8.42. The Balaban J connectivity index is 1.85. The molecule has 2 aromatic carbocycles. The average Bonchev–Trinajstić information content (AvgIpc) is 2.69. The van der Waals surface area contributed by atoms with E-state index in [2.05, 4.69) is 20.8 Å². The Bertz CT molecular complexity index is 1090. The summed E-state index contributed by atoms with van der Waals surface area (Å²) in [5.74, 6) is -0.637. The third-order valence-corrected chi connectivity index (χ3v) is 4.42. The number of ether oxygens (including phenoxy) is 1. The fourth-order valence-corrected chi connectivity index (χ4v) is 2.61. The van der Waals surface area contributed by atoms with Crippen LogP contribution in [0.5, 0.6) is 11.6 Å². The van der Waals surface area contributed by atoms with Crippen molar-refractivity contribution in [2.24, 2.45) is 0 Å². The molecular weight excluding hydrogens is 398 g/mol. The van der Waals surface area contributed by atoms with E-state index in [0.29, 0.717) is 16.3 Å². The van der Waals surface area contributed by atoms with Crippen LogP contribution in [0.2, 0.25) is 5.02 Å². The Kier molecular flexibility index (Phi) is 5.89. The molecule has 2 N–H and O–H groups in total. The first-order chi connectivity index (χ1) is 13.9. The topological polar surface area (TPSA) is 119 Å². The van der Waals surface area contributed by atoms with E-state index in [9.17, 15) is 14.9 Å².